The molecule has 5 nitrogen and oxygen atoms in total. The number of nitrogens with one attached hydrogen (secondary N) is 1. The summed E-state index contributed by atoms with van der Waals surface area (Å²) in [7, 11) is 0. The highest BCUT2D eigenvalue weighted by Gasteiger charge is 2.12. The Morgan fingerprint density at radius 3 is 3.00 bits per heavy atom. The standard InChI is InChI=1S/C12H19N4O/c13-5-2-6-14-11-3-1-4-12(15-11)16-7-9-17-10-8-16/h3-4H,2,5-10,13H2,(H,14,15). The molecule has 1 fully saturated rings. The zero-order valence-corrected chi connectivity index (χ0v) is 9.98. The highest BCUT2D eigenvalue weighted by Crippen LogP contribution is 2.15. The zero-order valence-electron chi connectivity index (χ0n) is 9.98. The minimum Gasteiger partial charge on any atom is -0.378 e. The first-order valence-corrected chi connectivity index (χ1v) is 6.05. The second-order valence-electron chi connectivity index (χ2n) is 3.98. The van der Waals surface area contributed by atoms with Gasteiger partial charge in [-0.25, -0.2) is 4.98 Å². The number of aromatic nitrogens is 1. The van der Waals surface area contributed by atoms with Crippen LogP contribution in [0.4, 0.5) is 11.6 Å². The van der Waals surface area contributed by atoms with Crippen LogP contribution in [0.5, 0.6) is 0 Å². The van der Waals surface area contributed by atoms with Crippen LogP contribution in [-0.4, -0.2) is 44.4 Å². The van der Waals surface area contributed by atoms with E-state index in [0.29, 0.717) is 6.54 Å². The number of pyridine rings is 1. The average molecular weight is 235 g/mol. The van der Waals surface area contributed by atoms with Gasteiger partial charge in [0.2, 0.25) is 0 Å². The van der Waals surface area contributed by atoms with Crippen LogP contribution in [0.3, 0.4) is 0 Å². The molecule has 5 heteroatoms. The molecule has 1 aromatic rings. The molecular weight excluding hydrogens is 216 g/mol. The van der Waals surface area contributed by atoms with E-state index in [9.17, 15) is 0 Å². The van der Waals surface area contributed by atoms with Gasteiger partial charge in [-0.3, -0.25) is 0 Å². The van der Waals surface area contributed by atoms with E-state index < -0.39 is 0 Å². The predicted octanol–water partition coefficient (Wildman–Crippen LogP) is 0.479. The summed E-state index contributed by atoms with van der Waals surface area (Å²) in [4.78, 5) is 6.77. The van der Waals surface area contributed by atoms with E-state index in [-0.39, 0.29) is 0 Å². The zero-order chi connectivity index (χ0) is 11.9. The average Bonchev–Trinajstić information content (AvgIpc) is 2.41. The van der Waals surface area contributed by atoms with Gasteiger partial charge < -0.3 is 20.7 Å². The maximum atomic E-state index is 5.45. The van der Waals surface area contributed by atoms with E-state index in [0.717, 1.165) is 50.9 Å². The van der Waals surface area contributed by atoms with E-state index in [2.05, 4.69) is 21.3 Å². The number of hydrogen-bond donors (Lipinski definition) is 2. The van der Waals surface area contributed by atoms with E-state index in [1.165, 1.54) is 0 Å². The van der Waals surface area contributed by atoms with E-state index >= 15 is 0 Å². The molecule has 0 aliphatic carbocycles. The minimum absolute atomic E-state index is 0.694. The Balaban J connectivity index is 1.95. The maximum absolute atomic E-state index is 5.45. The molecule has 1 saturated heterocycles. The molecule has 0 spiro atoms. The first-order chi connectivity index (χ1) is 8.40. The van der Waals surface area contributed by atoms with Crippen molar-refractivity contribution in [2.45, 2.75) is 6.42 Å². The Kier molecular flexibility index (Phi) is 4.58. The molecule has 2 heterocycles. The molecule has 0 unspecified atom stereocenters. The highest BCUT2D eigenvalue weighted by molar-refractivity contribution is 5.46. The second kappa shape index (κ2) is 6.42. The molecule has 1 aliphatic heterocycles. The van der Waals surface area contributed by atoms with Crippen molar-refractivity contribution in [3.05, 3.63) is 18.2 Å². The molecule has 1 radical (unpaired) electrons. The maximum Gasteiger partial charge on any atom is 0.131 e. The fraction of sp³-hybridized carbons (Fsp3) is 0.583. The summed E-state index contributed by atoms with van der Waals surface area (Å²) in [5, 5.41) is 3.24. The Morgan fingerprint density at radius 2 is 2.24 bits per heavy atom. The number of morpholine rings is 1. The van der Waals surface area contributed by atoms with Gasteiger partial charge in [-0.05, 0) is 31.2 Å². The fourth-order valence-electron chi connectivity index (χ4n) is 1.75. The molecule has 0 bridgehead atoms. The summed E-state index contributed by atoms with van der Waals surface area (Å²) in [5.74, 6) is 1.83. The molecule has 3 N–H and O–H groups in total. The molecule has 1 aliphatic rings. The smallest absolute Gasteiger partial charge is 0.131 e. The molecule has 1 aromatic heterocycles. The Hall–Kier alpha value is -1.33. The summed E-state index contributed by atoms with van der Waals surface area (Å²) in [6.07, 6.45) is 0.948. The van der Waals surface area contributed by atoms with Crippen molar-refractivity contribution >= 4 is 11.6 Å². The van der Waals surface area contributed by atoms with Crippen molar-refractivity contribution in [2.24, 2.45) is 5.73 Å². The van der Waals surface area contributed by atoms with Crippen LogP contribution >= 0.6 is 0 Å². The molecule has 0 amide bonds. The molecule has 17 heavy (non-hydrogen) atoms. The van der Waals surface area contributed by atoms with Gasteiger partial charge >= 0.3 is 0 Å². The predicted molar refractivity (Wildman–Crippen MR) is 68.3 cm³/mol. The van der Waals surface area contributed by atoms with Crippen LogP contribution in [0.2, 0.25) is 0 Å². The van der Waals surface area contributed by atoms with Crippen molar-refractivity contribution in [3.8, 4) is 0 Å². The van der Waals surface area contributed by atoms with Crippen LogP contribution < -0.4 is 16.0 Å². The molecule has 0 saturated carbocycles. The van der Waals surface area contributed by atoms with Crippen molar-refractivity contribution < 1.29 is 4.74 Å². The van der Waals surface area contributed by atoms with Gasteiger partial charge in [-0.2, -0.15) is 0 Å². The minimum atomic E-state index is 0.694. The summed E-state index contributed by atoms with van der Waals surface area (Å²) < 4.78 is 5.32. The van der Waals surface area contributed by atoms with Crippen LogP contribution in [0.1, 0.15) is 6.42 Å². The van der Waals surface area contributed by atoms with E-state index in [4.69, 9.17) is 10.5 Å². The van der Waals surface area contributed by atoms with Gasteiger partial charge in [-0.15, -0.1) is 0 Å². The first kappa shape index (κ1) is 12.1. The lowest BCUT2D eigenvalue weighted by atomic mass is 10.3. The third kappa shape index (κ3) is 3.57. The summed E-state index contributed by atoms with van der Waals surface area (Å²) in [6, 6.07) is 6.89. The normalized spacial score (nSPS) is 15.9. The lowest BCUT2D eigenvalue weighted by Crippen LogP contribution is -2.36. The van der Waals surface area contributed by atoms with Crippen LogP contribution in [0.25, 0.3) is 0 Å². The first-order valence-electron chi connectivity index (χ1n) is 6.05. The lowest BCUT2D eigenvalue weighted by molar-refractivity contribution is 0.122. The summed E-state index contributed by atoms with van der Waals surface area (Å²) in [5.41, 5.74) is 5.45. The number of anilines is 2. The van der Waals surface area contributed by atoms with Crippen molar-refractivity contribution in [3.63, 3.8) is 0 Å². The highest BCUT2D eigenvalue weighted by atomic mass is 16.5. The van der Waals surface area contributed by atoms with Crippen LogP contribution in [0.15, 0.2) is 12.1 Å². The monoisotopic (exact) mass is 235 g/mol. The van der Waals surface area contributed by atoms with Gasteiger partial charge in [-0.1, -0.05) is 0 Å². The quantitative estimate of drug-likeness (QED) is 0.727. The van der Waals surface area contributed by atoms with E-state index in [1.54, 1.807) is 0 Å². The van der Waals surface area contributed by atoms with Crippen molar-refractivity contribution in [1.29, 1.82) is 0 Å². The summed E-state index contributed by atoms with van der Waals surface area (Å²) in [6.45, 7) is 4.88. The van der Waals surface area contributed by atoms with Gasteiger partial charge in [0, 0.05) is 19.6 Å². The largest absolute Gasteiger partial charge is 0.378 e. The van der Waals surface area contributed by atoms with Gasteiger partial charge in [0.05, 0.1) is 13.2 Å². The third-order valence-electron chi connectivity index (χ3n) is 2.69. The van der Waals surface area contributed by atoms with Gasteiger partial charge in [0.1, 0.15) is 11.6 Å². The molecule has 2 rings (SSSR count). The van der Waals surface area contributed by atoms with Crippen molar-refractivity contribution in [1.82, 2.24) is 4.98 Å². The SMILES string of the molecule is NCCCNc1c[c]cc(N2CCOCC2)n1. The molecule has 93 valence electrons. The third-order valence-corrected chi connectivity index (χ3v) is 2.69. The number of hydrogen-bond acceptors (Lipinski definition) is 5. The number of nitrogens with zero attached hydrogens (tertiary/aromatic N) is 2. The Bertz CT molecular complexity index is 339. The Labute approximate surface area is 102 Å². The fourth-order valence-corrected chi connectivity index (χ4v) is 1.75. The Morgan fingerprint density at radius 1 is 1.41 bits per heavy atom. The van der Waals surface area contributed by atoms with Crippen LogP contribution in [-0.2, 0) is 4.74 Å². The summed E-state index contributed by atoms with van der Waals surface area (Å²) >= 11 is 0. The molecule has 0 aromatic carbocycles. The topological polar surface area (TPSA) is 63.4 Å². The van der Waals surface area contributed by atoms with Crippen LogP contribution in [0, 0.1) is 6.07 Å². The number of ether oxygens (including phenoxy) is 1. The van der Waals surface area contributed by atoms with Gasteiger partial charge in [0.25, 0.3) is 0 Å². The number of rotatable bonds is 5. The molecular formula is C12H19N4O. The van der Waals surface area contributed by atoms with E-state index in [1.807, 2.05) is 12.1 Å². The van der Waals surface area contributed by atoms with Gasteiger partial charge in [0.15, 0.2) is 0 Å². The van der Waals surface area contributed by atoms with Crippen molar-refractivity contribution in [2.75, 3.05) is 49.6 Å². The lowest BCUT2D eigenvalue weighted by Gasteiger charge is -2.27. The second-order valence-corrected chi connectivity index (χ2v) is 3.98. The molecule has 0 atom stereocenters. The number of nitrogens with two attached hydrogens (primary N) is 1.